The van der Waals surface area contributed by atoms with Gasteiger partial charge in [0.2, 0.25) is 0 Å². The van der Waals surface area contributed by atoms with Crippen LogP contribution in [0.2, 0.25) is 0 Å². The largest absolute Gasteiger partial charge is 0.504 e. The summed E-state index contributed by atoms with van der Waals surface area (Å²) in [6, 6.07) is 3.05. The fourth-order valence-corrected chi connectivity index (χ4v) is 1.45. The van der Waals surface area contributed by atoms with Crippen molar-refractivity contribution in [2.45, 2.75) is 6.42 Å². The van der Waals surface area contributed by atoms with E-state index in [-0.39, 0.29) is 5.75 Å². The summed E-state index contributed by atoms with van der Waals surface area (Å²) in [5, 5.41) is 12.6. The van der Waals surface area contributed by atoms with Gasteiger partial charge >= 0.3 is 0 Å². The SMILES string of the molecule is CNCCC=Cc1cc(OC)c(O)cc1C=O. The molecule has 0 amide bonds. The molecule has 4 nitrogen and oxygen atoms in total. The summed E-state index contributed by atoms with van der Waals surface area (Å²) in [6.07, 6.45) is 5.41. The molecular weight excluding hydrogens is 218 g/mol. The van der Waals surface area contributed by atoms with E-state index >= 15 is 0 Å². The van der Waals surface area contributed by atoms with E-state index in [1.807, 2.05) is 19.2 Å². The highest BCUT2D eigenvalue weighted by Gasteiger charge is 2.06. The van der Waals surface area contributed by atoms with Crippen LogP contribution in [0.15, 0.2) is 18.2 Å². The molecule has 0 radical (unpaired) electrons. The summed E-state index contributed by atoms with van der Waals surface area (Å²) in [4.78, 5) is 10.9. The quantitative estimate of drug-likeness (QED) is 0.583. The van der Waals surface area contributed by atoms with Crippen LogP contribution < -0.4 is 10.1 Å². The number of aromatic hydroxyl groups is 1. The number of benzene rings is 1. The van der Waals surface area contributed by atoms with Crippen LogP contribution in [0.25, 0.3) is 6.08 Å². The highest BCUT2D eigenvalue weighted by molar-refractivity contribution is 5.83. The first-order chi connectivity index (χ1) is 8.22. The molecule has 0 aliphatic carbocycles. The molecule has 1 aromatic rings. The normalized spacial score (nSPS) is 10.7. The third-order valence-electron chi connectivity index (χ3n) is 2.37. The monoisotopic (exact) mass is 235 g/mol. The van der Waals surface area contributed by atoms with Gasteiger partial charge in [-0.1, -0.05) is 12.2 Å². The van der Waals surface area contributed by atoms with E-state index in [1.165, 1.54) is 13.2 Å². The van der Waals surface area contributed by atoms with Crippen molar-refractivity contribution in [1.82, 2.24) is 5.32 Å². The Bertz CT molecular complexity index is 413. The number of hydrogen-bond acceptors (Lipinski definition) is 4. The lowest BCUT2D eigenvalue weighted by Crippen LogP contribution is -2.05. The van der Waals surface area contributed by atoms with Crippen LogP contribution in [0.3, 0.4) is 0 Å². The first kappa shape index (κ1) is 13.3. The molecule has 0 atom stereocenters. The first-order valence-corrected chi connectivity index (χ1v) is 5.40. The second-order valence-electron chi connectivity index (χ2n) is 3.57. The summed E-state index contributed by atoms with van der Waals surface area (Å²) < 4.78 is 5.00. The van der Waals surface area contributed by atoms with Gasteiger partial charge in [0.15, 0.2) is 17.8 Å². The van der Waals surface area contributed by atoms with Crippen molar-refractivity contribution in [2.24, 2.45) is 0 Å². The number of phenols is 1. The zero-order chi connectivity index (χ0) is 12.7. The molecule has 4 heteroatoms. The molecule has 0 heterocycles. The maximum Gasteiger partial charge on any atom is 0.161 e. The second-order valence-corrected chi connectivity index (χ2v) is 3.57. The van der Waals surface area contributed by atoms with Crippen molar-refractivity contribution < 1.29 is 14.6 Å². The lowest BCUT2D eigenvalue weighted by atomic mass is 10.1. The number of hydrogen-bond donors (Lipinski definition) is 2. The number of ether oxygens (including phenoxy) is 1. The predicted octanol–water partition coefficient (Wildman–Crippen LogP) is 1.84. The molecule has 92 valence electrons. The molecule has 0 aromatic heterocycles. The van der Waals surface area contributed by atoms with E-state index in [2.05, 4.69) is 5.32 Å². The van der Waals surface area contributed by atoms with Crippen molar-refractivity contribution in [1.29, 1.82) is 0 Å². The van der Waals surface area contributed by atoms with Crippen molar-refractivity contribution in [2.75, 3.05) is 20.7 Å². The predicted molar refractivity (Wildman–Crippen MR) is 67.6 cm³/mol. The Morgan fingerprint density at radius 2 is 2.18 bits per heavy atom. The van der Waals surface area contributed by atoms with E-state index in [0.717, 1.165) is 24.8 Å². The Kier molecular flexibility index (Phi) is 5.23. The van der Waals surface area contributed by atoms with Gasteiger partial charge in [0, 0.05) is 5.56 Å². The second kappa shape index (κ2) is 6.70. The number of aldehydes is 1. The molecule has 0 fully saturated rings. The van der Waals surface area contributed by atoms with Gasteiger partial charge in [-0.25, -0.2) is 0 Å². The van der Waals surface area contributed by atoms with Gasteiger partial charge in [0.1, 0.15) is 0 Å². The first-order valence-electron chi connectivity index (χ1n) is 5.40. The molecule has 0 bridgehead atoms. The summed E-state index contributed by atoms with van der Waals surface area (Å²) in [7, 11) is 3.36. The smallest absolute Gasteiger partial charge is 0.161 e. The van der Waals surface area contributed by atoms with Crippen LogP contribution in [0.4, 0.5) is 0 Å². The molecule has 0 unspecified atom stereocenters. The highest BCUT2D eigenvalue weighted by Crippen LogP contribution is 2.29. The summed E-state index contributed by atoms with van der Waals surface area (Å²) in [5.74, 6) is 0.339. The third-order valence-corrected chi connectivity index (χ3v) is 2.37. The van der Waals surface area contributed by atoms with Gasteiger partial charge in [-0.2, -0.15) is 0 Å². The number of phenolic OH excluding ortho intramolecular Hbond substituents is 1. The maximum absolute atomic E-state index is 10.9. The molecule has 0 saturated carbocycles. The lowest BCUT2D eigenvalue weighted by molar-refractivity contribution is 0.112. The maximum atomic E-state index is 10.9. The van der Waals surface area contributed by atoms with Crippen LogP contribution in [0.1, 0.15) is 22.3 Å². The average Bonchev–Trinajstić information content (AvgIpc) is 2.35. The fraction of sp³-hybridized carbons (Fsp3) is 0.308. The Labute approximate surface area is 101 Å². The Morgan fingerprint density at radius 1 is 1.41 bits per heavy atom. The Morgan fingerprint density at radius 3 is 2.76 bits per heavy atom. The average molecular weight is 235 g/mol. The van der Waals surface area contributed by atoms with E-state index in [0.29, 0.717) is 11.3 Å². The molecule has 0 saturated heterocycles. The van der Waals surface area contributed by atoms with Crippen LogP contribution in [0.5, 0.6) is 11.5 Å². The number of rotatable bonds is 6. The molecule has 2 N–H and O–H groups in total. The van der Waals surface area contributed by atoms with Crippen LogP contribution in [0, 0.1) is 0 Å². The third kappa shape index (κ3) is 3.60. The van der Waals surface area contributed by atoms with Crippen molar-refractivity contribution in [3.05, 3.63) is 29.3 Å². The van der Waals surface area contributed by atoms with Crippen LogP contribution >= 0.6 is 0 Å². The van der Waals surface area contributed by atoms with Gasteiger partial charge in [0.25, 0.3) is 0 Å². The van der Waals surface area contributed by atoms with Crippen molar-refractivity contribution >= 4 is 12.4 Å². The van der Waals surface area contributed by atoms with E-state index in [9.17, 15) is 9.90 Å². The number of methoxy groups -OCH3 is 1. The molecule has 0 spiro atoms. The van der Waals surface area contributed by atoms with E-state index in [4.69, 9.17) is 4.74 Å². The summed E-state index contributed by atoms with van der Waals surface area (Å²) in [6.45, 7) is 0.877. The van der Waals surface area contributed by atoms with Gasteiger partial charge in [-0.15, -0.1) is 0 Å². The topological polar surface area (TPSA) is 58.6 Å². The standard InChI is InChI=1S/C13H17NO3/c1-14-6-4-3-5-10-8-13(17-2)12(16)7-11(10)9-15/h3,5,7-9,14,16H,4,6H2,1-2H3. The minimum Gasteiger partial charge on any atom is -0.504 e. The fourth-order valence-electron chi connectivity index (χ4n) is 1.45. The lowest BCUT2D eigenvalue weighted by Gasteiger charge is -2.06. The van der Waals surface area contributed by atoms with E-state index < -0.39 is 0 Å². The van der Waals surface area contributed by atoms with Crippen LogP contribution in [-0.2, 0) is 0 Å². The van der Waals surface area contributed by atoms with Gasteiger partial charge in [0.05, 0.1) is 7.11 Å². The molecular formula is C13H17NO3. The molecule has 0 aliphatic rings. The minimum absolute atomic E-state index is 0.0259. The summed E-state index contributed by atoms with van der Waals surface area (Å²) in [5.41, 5.74) is 1.19. The number of carbonyl (C=O) groups is 1. The van der Waals surface area contributed by atoms with Crippen molar-refractivity contribution in [3.63, 3.8) is 0 Å². The Balaban J connectivity index is 2.96. The Hall–Kier alpha value is -1.81. The van der Waals surface area contributed by atoms with Crippen LogP contribution in [-0.4, -0.2) is 32.1 Å². The van der Waals surface area contributed by atoms with Gasteiger partial charge in [-0.05, 0) is 37.7 Å². The molecule has 0 aliphatic heterocycles. The molecule has 1 aromatic carbocycles. The molecule has 17 heavy (non-hydrogen) atoms. The highest BCUT2D eigenvalue weighted by atomic mass is 16.5. The summed E-state index contributed by atoms with van der Waals surface area (Å²) >= 11 is 0. The number of carbonyl (C=O) groups excluding carboxylic acids is 1. The van der Waals surface area contributed by atoms with Gasteiger partial charge < -0.3 is 15.2 Å². The van der Waals surface area contributed by atoms with Crippen molar-refractivity contribution in [3.8, 4) is 11.5 Å². The zero-order valence-corrected chi connectivity index (χ0v) is 10.1. The van der Waals surface area contributed by atoms with E-state index in [1.54, 1.807) is 6.07 Å². The van der Waals surface area contributed by atoms with Gasteiger partial charge in [-0.3, -0.25) is 4.79 Å². The molecule has 1 rings (SSSR count). The number of nitrogens with one attached hydrogen (secondary N) is 1. The zero-order valence-electron chi connectivity index (χ0n) is 10.1. The minimum atomic E-state index is -0.0259.